The monoisotopic (exact) mass is 449 g/mol. The molecule has 2 aliphatic carbocycles. The van der Waals surface area contributed by atoms with E-state index in [4.69, 9.17) is 16.1 Å². The molecular weight excluding hydrogens is 434 g/mol. The SMILES string of the molecule is Cn1c(=O)ccc2ncn(Cc3nc([C@@]45C6[C@H]4[C@H]5CN6c4cc(Cl)ccn4)no3)c(=O)c21. The van der Waals surface area contributed by atoms with Gasteiger partial charge in [0.2, 0.25) is 5.89 Å². The van der Waals surface area contributed by atoms with E-state index >= 15 is 0 Å². The van der Waals surface area contributed by atoms with Crippen molar-refractivity contribution in [3.8, 4) is 0 Å². The molecule has 0 amide bonds. The normalized spacial score (nSPS) is 27.1. The van der Waals surface area contributed by atoms with Crippen LogP contribution in [0.2, 0.25) is 5.02 Å². The van der Waals surface area contributed by atoms with Crippen LogP contribution in [0, 0.1) is 11.8 Å². The van der Waals surface area contributed by atoms with E-state index in [1.807, 2.05) is 6.07 Å². The van der Waals surface area contributed by atoms with Crippen LogP contribution in [0.3, 0.4) is 0 Å². The molecule has 4 aromatic rings. The summed E-state index contributed by atoms with van der Waals surface area (Å²) in [6.07, 6.45) is 3.15. The van der Waals surface area contributed by atoms with Gasteiger partial charge in [0.25, 0.3) is 11.1 Å². The van der Waals surface area contributed by atoms with Gasteiger partial charge in [0.1, 0.15) is 17.9 Å². The van der Waals surface area contributed by atoms with Crippen molar-refractivity contribution in [1.82, 2.24) is 29.2 Å². The Kier molecular flexibility index (Phi) is 3.29. The number of aryl methyl sites for hydroxylation is 1. The van der Waals surface area contributed by atoms with Gasteiger partial charge in [-0.3, -0.25) is 14.2 Å². The van der Waals surface area contributed by atoms with Gasteiger partial charge in [-0.1, -0.05) is 16.8 Å². The summed E-state index contributed by atoms with van der Waals surface area (Å²) in [5.74, 6) is 2.89. The lowest BCUT2D eigenvalue weighted by molar-refractivity contribution is 0.362. The number of anilines is 1. The number of hydrogen-bond acceptors (Lipinski definition) is 8. The van der Waals surface area contributed by atoms with E-state index in [1.165, 1.54) is 21.5 Å². The first-order valence-corrected chi connectivity index (χ1v) is 10.6. The summed E-state index contributed by atoms with van der Waals surface area (Å²) in [5.41, 5.74) is 0.0228. The minimum absolute atomic E-state index is 0.0811. The predicted molar refractivity (Wildman–Crippen MR) is 114 cm³/mol. The van der Waals surface area contributed by atoms with Crippen molar-refractivity contribution < 1.29 is 4.52 Å². The Morgan fingerprint density at radius 1 is 1.25 bits per heavy atom. The fourth-order valence-corrected chi connectivity index (χ4v) is 5.73. The van der Waals surface area contributed by atoms with Gasteiger partial charge in [-0.2, -0.15) is 4.98 Å². The number of piperidine rings is 1. The molecule has 2 saturated heterocycles. The Balaban J connectivity index is 1.18. The molecule has 0 N–H and O–H groups in total. The highest BCUT2D eigenvalue weighted by Gasteiger charge is 2.95. The van der Waals surface area contributed by atoms with Crippen LogP contribution < -0.4 is 16.0 Å². The zero-order valence-corrected chi connectivity index (χ0v) is 17.6. The summed E-state index contributed by atoms with van der Waals surface area (Å²) in [7, 11) is 1.55. The number of rotatable bonds is 4. The van der Waals surface area contributed by atoms with Gasteiger partial charge in [0, 0.05) is 42.8 Å². The summed E-state index contributed by atoms with van der Waals surface area (Å²) >= 11 is 6.13. The fourth-order valence-electron chi connectivity index (χ4n) is 5.58. The third kappa shape index (κ3) is 2.15. The smallest absolute Gasteiger partial charge is 0.278 e. The van der Waals surface area contributed by atoms with Crippen molar-refractivity contribution in [2.75, 3.05) is 11.4 Å². The van der Waals surface area contributed by atoms with Crippen LogP contribution in [-0.4, -0.2) is 41.8 Å². The fraction of sp³-hybridized carbons (Fsp3) is 0.333. The van der Waals surface area contributed by atoms with Crippen molar-refractivity contribution in [1.29, 1.82) is 0 Å². The highest BCUT2D eigenvalue weighted by molar-refractivity contribution is 6.30. The van der Waals surface area contributed by atoms with Crippen molar-refractivity contribution in [3.05, 3.63) is 74.2 Å². The molecule has 32 heavy (non-hydrogen) atoms. The second-order valence-electron chi connectivity index (χ2n) is 8.65. The number of aromatic nitrogens is 6. The molecule has 2 saturated carbocycles. The van der Waals surface area contributed by atoms with Crippen LogP contribution in [0.15, 0.2) is 50.9 Å². The van der Waals surface area contributed by atoms with Gasteiger partial charge < -0.3 is 14.0 Å². The molecule has 1 unspecified atom stereocenters. The average molecular weight is 450 g/mol. The molecular formula is C21H16ClN7O3. The average Bonchev–Trinajstić information content (AvgIpc) is 3.33. The van der Waals surface area contributed by atoms with Gasteiger partial charge in [-0.15, -0.1) is 0 Å². The Morgan fingerprint density at radius 2 is 2.12 bits per heavy atom. The molecule has 160 valence electrons. The highest BCUT2D eigenvalue weighted by atomic mass is 35.5. The zero-order valence-electron chi connectivity index (χ0n) is 16.8. The first kappa shape index (κ1) is 18.1. The van der Waals surface area contributed by atoms with Crippen LogP contribution in [0.4, 0.5) is 5.82 Å². The Morgan fingerprint density at radius 3 is 2.94 bits per heavy atom. The lowest BCUT2D eigenvalue weighted by Gasteiger charge is -2.17. The molecule has 0 radical (unpaired) electrons. The summed E-state index contributed by atoms with van der Waals surface area (Å²) < 4.78 is 8.17. The van der Waals surface area contributed by atoms with E-state index in [0.29, 0.717) is 40.1 Å². The molecule has 4 atom stereocenters. The molecule has 2 aliphatic heterocycles. The minimum atomic E-state index is -0.331. The lowest BCUT2D eigenvalue weighted by Crippen LogP contribution is -2.28. The van der Waals surface area contributed by atoms with Crippen LogP contribution in [0.25, 0.3) is 11.0 Å². The standard InChI is InChI=1S/C21H16ClN7O3/c1-27-15(30)3-2-12-17(27)19(31)28(9-24-12)8-14-25-20(26-32-14)21-11-7-29(18(21)16(11)21)13-6-10(22)4-5-23-13/h2-6,9,11,16,18H,7-8H2,1H3/t11-,16-,18?,21-/m1/s1. The van der Waals surface area contributed by atoms with Crippen molar-refractivity contribution in [3.63, 3.8) is 0 Å². The van der Waals surface area contributed by atoms with E-state index in [1.54, 1.807) is 25.4 Å². The van der Waals surface area contributed by atoms with Crippen LogP contribution in [-0.2, 0) is 19.0 Å². The maximum absolute atomic E-state index is 12.9. The number of pyridine rings is 2. The van der Waals surface area contributed by atoms with Gasteiger partial charge in [0.15, 0.2) is 5.82 Å². The quantitative estimate of drug-likeness (QED) is 0.453. The summed E-state index contributed by atoms with van der Waals surface area (Å²) in [5, 5.41) is 4.91. The van der Waals surface area contributed by atoms with E-state index in [0.717, 1.165) is 12.4 Å². The van der Waals surface area contributed by atoms with E-state index in [9.17, 15) is 9.59 Å². The molecule has 8 rings (SSSR count). The second-order valence-corrected chi connectivity index (χ2v) is 9.08. The zero-order chi connectivity index (χ0) is 21.8. The second kappa shape index (κ2) is 5.83. The molecule has 6 heterocycles. The number of nitrogens with zero attached hydrogens (tertiary/aromatic N) is 7. The largest absolute Gasteiger partial charge is 0.352 e. The predicted octanol–water partition coefficient (Wildman–Crippen LogP) is 0.961. The van der Waals surface area contributed by atoms with Crippen molar-refractivity contribution in [2.24, 2.45) is 18.9 Å². The van der Waals surface area contributed by atoms with Gasteiger partial charge >= 0.3 is 0 Å². The third-order valence-electron chi connectivity index (χ3n) is 7.19. The first-order chi connectivity index (χ1) is 15.5. The highest BCUT2D eigenvalue weighted by Crippen LogP contribution is 2.85. The maximum Gasteiger partial charge on any atom is 0.278 e. The molecule has 4 aliphatic rings. The molecule has 4 aromatic heterocycles. The Bertz CT molecular complexity index is 1550. The van der Waals surface area contributed by atoms with Crippen LogP contribution in [0.5, 0.6) is 0 Å². The number of fused-ring (bicyclic) bond motifs is 2. The van der Waals surface area contributed by atoms with Crippen molar-refractivity contribution in [2.45, 2.75) is 18.0 Å². The van der Waals surface area contributed by atoms with Crippen molar-refractivity contribution >= 4 is 28.5 Å². The third-order valence-corrected chi connectivity index (χ3v) is 7.43. The Hall–Kier alpha value is -3.53. The summed E-state index contributed by atoms with van der Waals surface area (Å²) in [4.78, 5) is 40.5. The molecule has 0 spiro atoms. The molecule has 0 aromatic carbocycles. The van der Waals surface area contributed by atoms with Gasteiger partial charge in [-0.05, 0) is 24.1 Å². The van der Waals surface area contributed by atoms with Gasteiger partial charge in [-0.25, -0.2) is 9.97 Å². The Labute approximate surface area is 185 Å². The van der Waals surface area contributed by atoms with E-state index in [2.05, 4.69) is 25.0 Å². The summed E-state index contributed by atoms with van der Waals surface area (Å²) in [6, 6.07) is 6.89. The molecule has 11 heteroatoms. The number of hydrogen-bond donors (Lipinski definition) is 0. The summed E-state index contributed by atoms with van der Waals surface area (Å²) in [6.45, 7) is 0.988. The maximum atomic E-state index is 12.9. The molecule has 2 bridgehead atoms. The molecule has 4 fully saturated rings. The van der Waals surface area contributed by atoms with Gasteiger partial charge in [0.05, 0.1) is 17.3 Å². The topological polar surface area (TPSA) is 112 Å². The molecule has 10 nitrogen and oxygen atoms in total. The van der Waals surface area contributed by atoms with Crippen LogP contribution in [0.1, 0.15) is 11.7 Å². The van der Waals surface area contributed by atoms with E-state index < -0.39 is 0 Å². The first-order valence-electron chi connectivity index (χ1n) is 10.3. The number of halogens is 1. The van der Waals surface area contributed by atoms with E-state index in [-0.39, 0.29) is 28.6 Å². The lowest BCUT2D eigenvalue weighted by atomic mass is 10.1. The van der Waals surface area contributed by atoms with Crippen LogP contribution >= 0.6 is 11.6 Å². The minimum Gasteiger partial charge on any atom is -0.352 e.